The number of pyridine rings is 1. The monoisotopic (exact) mass is 460 g/mol. The molecular weight excluding hydrogens is 432 g/mol. The van der Waals surface area contributed by atoms with Gasteiger partial charge in [0.15, 0.2) is 0 Å². The number of hydrogen-bond donors (Lipinski definition) is 1. The van der Waals surface area contributed by atoms with Crippen LogP contribution in [-0.2, 0) is 18.4 Å². The molecule has 3 heterocycles. The molecule has 0 radical (unpaired) electrons. The highest BCUT2D eigenvalue weighted by molar-refractivity contribution is 5.89. The number of nitrogens with one attached hydrogen (secondary N) is 1. The number of aryl methyl sites for hydroxylation is 1. The number of benzene rings is 1. The molecule has 5 rings (SSSR count). The van der Waals surface area contributed by atoms with E-state index in [9.17, 15) is 4.79 Å². The number of imidazole rings is 1. The molecule has 1 amide bonds. The SMILES string of the molecule is Cn1nnnc1-n1c(OCc2cccc(NC(=O)CCC3CCCCC3)n2)nc2ccccc21. The van der Waals surface area contributed by atoms with Crippen LogP contribution < -0.4 is 10.1 Å². The van der Waals surface area contributed by atoms with Crippen molar-refractivity contribution in [2.75, 3.05) is 5.32 Å². The van der Waals surface area contributed by atoms with Gasteiger partial charge in [0, 0.05) is 13.5 Å². The van der Waals surface area contributed by atoms with Gasteiger partial charge in [0.1, 0.15) is 12.4 Å². The van der Waals surface area contributed by atoms with Crippen LogP contribution in [-0.4, -0.2) is 40.6 Å². The summed E-state index contributed by atoms with van der Waals surface area (Å²) in [5.41, 5.74) is 2.29. The lowest BCUT2D eigenvalue weighted by atomic mass is 9.86. The summed E-state index contributed by atoms with van der Waals surface area (Å²) in [5.74, 6) is 1.71. The summed E-state index contributed by atoms with van der Waals surface area (Å²) >= 11 is 0. The largest absolute Gasteiger partial charge is 0.458 e. The van der Waals surface area contributed by atoms with E-state index in [0.717, 1.165) is 17.5 Å². The maximum absolute atomic E-state index is 12.4. The maximum atomic E-state index is 12.4. The van der Waals surface area contributed by atoms with Crippen molar-refractivity contribution in [3.63, 3.8) is 0 Å². The number of carbonyl (C=O) groups excluding carboxylic acids is 1. The molecule has 176 valence electrons. The van der Waals surface area contributed by atoms with Gasteiger partial charge in [0.2, 0.25) is 5.91 Å². The van der Waals surface area contributed by atoms with Crippen molar-refractivity contribution in [2.24, 2.45) is 13.0 Å². The van der Waals surface area contributed by atoms with E-state index in [1.54, 1.807) is 22.4 Å². The van der Waals surface area contributed by atoms with Gasteiger partial charge >= 0.3 is 6.01 Å². The minimum absolute atomic E-state index is 0.00715. The Hall–Kier alpha value is -3.82. The summed E-state index contributed by atoms with van der Waals surface area (Å²) in [5, 5.41) is 14.7. The quantitative estimate of drug-likeness (QED) is 0.425. The fourth-order valence-electron chi connectivity index (χ4n) is 4.49. The van der Waals surface area contributed by atoms with Gasteiger partial charge in [-0.3, -0.25) is 4.79 Å². The molecule has 1 aliphatic rings. The first-order valence-electron chi connectivity index (χ1n) is 11.8. The van der Waals surface area contributed by atoms with Gasteiger partial charge in [-0.15, -0.1) is 0 Å². The van der Waals surface area contributed by atoms with Gasteiger partial charge < -0.3 is 10.1 Å². The summed E-state index contributed by atoms with van der Waals surface area (Å²) in [6, 6.07) is 13.6. The normalized spacial score (nSPS) is 14.4. The maximum Gasteiger partial charge on any atom is 0.305 e. The second-order valence-corrected chi connectivity index (χ2v) is 8.71. The zero-order valence-electron chi connectivity index (χ0n) is 19.2. The number of tetrazole rings is 1. The molecule has 0 aliphatic heterocycles. The molecule has 3 aromatic heterocycles. The summed E-state index contributed by atoms with van der Waals surface area (Å²) in [6.45, 7) is 0.181. The van der Waals surface area contributed by atoms with E-state index in [2.05, 4.69) is 30.8 Å². The second kappa shape index (κ2) is 9.98. The number of para-hydroxylation sites is 2. The molecule has 0 saturated heterocycles. The minimum Gasteiger partial charge on any atom is -0.458 e. The number of aromatic nitrogens is 7. The fourth-order valence-corrected chi connectivity index (χ4v) is 4.49. The first-order valence-corrected chi connectivity index (χ1v) is 11.8. The van der Waals surface area contributed by atoms with E-state index in [4.69, 9.17) is 4.74 Å². The molecule has 10 heteroatoms. The molecule has 1 aliphatic carbocycles. The standard InChI is InChI=1S/C24H28N8O2/c1-31-23(28-29-30-31)32-20-12-6-5-11-19(20)26-24(32)34-16-18-10-7-13-21(25-18)27-22(33)15-14-17-8-3-2-4-9-17/h5-7,10-13,17H,2-4,8-9,14-16H2,1H3,(H,25,27,33). The van der Waals surface area contributed by atoms with Crippen molar-refractivity contribution in [3.05, 3.63) is 48.2 Å². The van der Waals surface area contributed by atoms with E-state index in [1.807, 2.05) is 36.4 Å². The van der Waals surface area contributed by atoms with Crippen molar-refractivity contribution in [3.8, 4) is 12.0 Å². The third kappa shape index (κ3) is 4.90. The van der Waals surface area contributed by atoms with Crippen LogP contribution in [0.3, 0.4) is 0 Å². The first-order chi connectivity index (χ1) is 16.7. The number of ether oxygens (including phenoxy) is 1. The molecule has 34 heavy (non-hydrogen) atoms. The molecule has 1 aromatic carbocycles. The number of amides is 1. The Morgan fingerprint density at radius 1 is 1.09 bits per heavy atom. The number of rotatable bonds is 8. The zero-order chi connectivity index (χ0) is 23.3. The second-order valence-electron chi connectivity index (χ2n) is 8.71. The number of anilines is 1. The molecule has 4 aromatic rings. The molecule has 0 atom stereocenters. The Balaban J connectivity index is 1.26. The number of fused-ring (bicyclic) bond motifs is 1. The molecule has 0 unspecified atom stereocenters. The predicted molar refractivity (Wildman–Crippen MR) is 126 cm³/mol. The first kappa shape index (κ1) is 22.0. The highest BCUT2D eigenvalue weighted by Gasteiger charge is 2.18. The Morgan fingerprint density at radius 3 is 2.76 bits per heavy atom. The lowest BCUT2D eigenvalue weighted by Gasteiger charge is -2.20. The average molecular weight is 461 g/mol. The number of hydrogen-bond acceptors (Lipinski definition) is 7. The van der Waals surface area contributed by atoms with Gasteiger partial charge in [-0.05, 0) is 47.0 Å². The molecule has 10 nitrogen and oxygen atoms in total. The summed E-state index contributed by atoms with van der Waals surface area (Å²) in [4.78, 5) is 21.6. The molecule has 0 bridgehead atoms. The molecular formula is C24H28N8O2. The van der Waals surface area contributed by atoms with E-state index in [0.29, 0.717) is 35.8 Å². The van der Waals surface area contributed by atoms with E-state index in [1.165, 1.54) is 32.1 Å². The third-order valence-electron chi connectivity index (χ3n) is 6.26. The summed E-state index contributed by atoms with van der Waals surface area (Å²) in [6.07, 6.45) is 7.87. The minimum atomic E-state index is 0.00715. The van der Waals surface area contributed by atoms with Crippen LogP contribution >= 0.6 is 0 Å². The smallest absolute Gasteiger partial charge is 0.305 e. The predicted octanol–water partition coefficient (Wildman–Crippen LogP) is 3.82. The van der Waals surface area contributed by atoms with Crippen LogP contribution in [0.1, 0.15) is 50.6 Å². The molecule has 1 N–H and O–H groups in total. The van der Waals surface area contributed by atoms with Gasteiger partial charge in [-0.1, -0.05) is 55.4 Å². The van der Waals surface area contributed by atoms with Gasteiger partial charge in [0.25, 0.3) is 5.95 Å². The van der Waals surface area contributed by atoms with Crippen LogP contribution in [0, 0.1) is 5.92 Å². The van der Waals surface area contributed by atoms with Crippen molar-refractivity contribution in [1.29, 1.82) is 0 Å². The van der Waals surface area contributed by atoms with Crippen LogP contribution in [0.5, 0.6) is 6.01 Å². The number of carbonyl (C=O) groups is 1. The highest BCUT2D eigenvalue weighted by Crippen LogP contribution is 2.27. The summed E-state index contributed by atoms with van der Waals surface area (Å²) < 4.78 is 9.37. The highest BCUT2D eigenvalue weighted by atomic mass is 16.5. The van der Waals surface area contributed by atoms with Crippen LogP contribution in [0.25, 0.3) is 17.0 Å². The van der Waals surface area contributed by atoms with Crippen molar-refractivity contribution >= 4 is 22.8 Å². The Kier molecular flexibility index (Phi) is 6.46. The van der Waals surface area contributed by atoms with E-state index < -0.39 is 0 Å². The molecule has 1 saturated carbocycles. The van der Waals surface area contributed by atoms with Crippen LogP contribution in [0.15, 0.2) is 42.5 Å². The van der Waals surface area contributed by atoms with Gasteiger partial charge in [0.05, 0.1) is 16.7 Å². The van der Waals surface area contributed by atoms with Crippen molar-refractivity contribution < 1.29 is 9.53 Å². The lowest BCUT2D eigenvalue weighted by molar-refractivity contribution is -0.116. The van der Waals surface area contributed by atoms with Gasteiger partial charge in [-0.25, -0.2) is 14.2 Å². The molecule has 1 fully saturated rings. The zero-order valence-corrected chi connectivity index (χ0v) is 19.2. The number of nitrogens with zero attached hydrogens (tertiary/aromatic N) is 7. The van der Waals surface area contributed by atoms with E-state index >= 15 is 0 Å². The Morgan fingerprint density at radius 2 is 1.94 bits per heavy atom. The van der Waals surface area contributed by atoms with Crippen molar-refractivity contribution in [1.82, 2.24) is 34.7 Å². The average Bonchev–Trinajstić information content (AvgIpc) is 3.44. The van der Waals surface area contributed by atoms with E-state index in [-0.39, 0.29) is 12.5 Å². The van der Waals surface area contributed by atoms with Gasteiger partial charge in [-0.2, -0.15) is 4.98 Å². The summed E-state index contributed by atoms with van der Waals surface area (Å²) in [7, 11) is 1.76. The topological polar surface area (TPSA) is 113 Å². The van der Waals surface area contributed by atoms with Crippen LogP contribution in [0.4, 0.5) is 5.82 Å². The fraction of sp³-hybridized carbons (Fsp3) is 0.417. The van der Waals surface area contributed by atoms with Crippen molar-refractivity contribution in [2.45, 2.75) is 51.6 Å². The molecule has 0 spiro atoms. The van der Waals surface area contributed by atoms with Crippen LogP contribution in [0.2, 0.25) is 0 Å². The lowest BCUT2D eigenvalue weighted by Crippen LogP contribution is -2.16. The Labute approximate surface area is 197 Å². The Bertz CT molecular complexity index is 1270. The third-order valence-corrected chi connectivity index (χ3v) is 6.26.